The van der Waals surface area contributed by atoms with E-state index in [4.69, 9.17) is 4.74 Å². The van der Waals surface area contributed by atoms with Gasteiger partial charge in [-0.15, -0.1) is 0 Å². The number of aryl methyl sites for hydroxylation is 1. The molecule has 3 rings (SSSR count). The first kappa shape index (κ1) is 17.1. The van der Waals surface area contributed by atoms with Crippen molar-refractivity contribution in [3.8, 4) is 5.75 Å². The molecule has 2 N–H and O–H groups in total. The van der Waals surface area contributed by atoms with E-state index < -0.39 is 5.60 Å². The second kappa shape index (κ2) is 5.96. The summed E-state index contributed by atoms with van der Waals surface area (Å²) < 4.78 is 5.39. The van der Waals surface area contributed by atoms with Crippen molar-refractivity contribution in [2.24, 2.45) is 0 Å². The number of fused-ring (bicyclic) bond motifs is 1. The fourth-order valence-corrected chi connectivity index (χ4v) is 3.84. The molecule has 1 saturated heterocycles. The van der Waals surface area contributed by atoms with Gasteiger partial charge in [0.1, 0.15) is 11.4 Å². The van der Waals surface area contributed by atoms with Gasteiger partial charge in [-0.2, -0.15) is 0 Å². The Labute approximate surface area is 144 Å². The molecule has 5 heteroatoms. The molecule has 1 heterocycles. The normalized spacial score (nSPS) is 23.8. The molecule has 132 valence electrons. The number of aromatic hydroxyl groups is 1. The van der Waals surface area contributed by atoms with Crippen LogP contribution in [0.5, 0.6) is 5.75 Å². The lowest BCUT2D eigenvalue weighted by Crippen LogP contribution is -2.60. The average molecular weight is 332 g/mol. The fourth-order valence-electron chi connectivity index (χ4n) is 3.84. The molecule has 2 aliphatic rings. The van der Waals surface area contributed by atoms with Crippen molar-refractivity contribution in [1.29, 1.82) is 0 Å². The van der Waals surface area contributed by atoms with Gasteiger partial charge in [-0.3, -0.25) is 0 Å². The molecule has 5 nitrogen and oxygen atoms in total. The van der Waals surface area contributed by atoms with Gasteiger partial charge in [-0.1, -0.05) is 13.0 Å². The molecule has 0 spiro atoms. The standard InChI is InChI=1S/C19H28N2O3/c1-11-6-7-15(22)17-14(8-12(2)16(11)17)20-13-9-21(10-13)18(23)24-19(3,4)5/h6-7,12-14,20,22H,8-10H2,1-5H3. The van der Waals surface area contributed by atoms with Gasteiger partial charge >= 0.3 is 6.09 Å². The van der Waals surface area contributed by atoms with E-state index in [9.17, 15) is 9.90 Å². The van der Waals surface area contributed by atoms with E-state index in [1.165, 1.54) is 11.1 Å². The maximum Gasteiger partial charge on any atom is 0.410 e. The van der Waals surface area contributed by atoms with E-state index in [2.05, 4.69) is 19.2 Å². The molecule has 2 unspecified atom stereocenters. The van der Waals surface area contributed by atoms with Gasteiger partial charge in [-0.25, -0.2) is 4.79 Å². The molecular weight excluding hydrogens is 304 g/mol. The van der Waals surface area contributed by atoms with E-state index >= 15 is 0 Å². The minimum absolute atomic E-state index is 0.153. The predicted molar refractivity (Wildman–Crippen MR) is 93.3 cm³/mol. The lowest BCUT2D eigenvalue weighted by Gasteiger charge is -2.41. The second-order valence-electron chi connectivity index (χ2n) is 8.17. The quantitative estimate of drug-likeness (QED) is 0.871. The first-order valence-electron chi connectivity index (χ1n) is 8.72. The maximum atomic E-state index is 12.0. The Morgan fingerprint density at radius 3 is 2.58 bits per heavy atom. The highest BCUT2D eigenvalue weighted by atomic mass is 16.6. The van der Waals surface area contributed by atoms with Crippen LogP contribution in [0.1, 0.15) is 62.8 Å². The number of phenols is 1. The highest BCUT2D eigenvalue weighted by Gasteiger charge is 2.38. The van der Waals surface area contributed by atoms with Crippen LogP contribution >= 0.6 is 0 Å². The van der Waals surface area contributed by atoms with E-state index in [0.717, 1.165) is 12.0 Å². The van der Waals surface area contributed by atoms with Crippen molar-refractivity contribution in [1.82, 2.24) is 10.2 Å². The molecule has 0 bridgehead atoms. The SMILES string of the molecule is Cc1ccc(O)c2c1C(C)CC2NC1CN(C(=O)OC(C)(C)C)C1. The zero-order chi connectivity index (χ0) is 17.6. The minimum Gasteiger partial charge on any atom is -0.508 e. The number of carbonyl (C=O) groups is 1. The van der Waals surface area contributed by atoms with Crippen molar-refractivity contribution in [2.45, 2.75) is 64.6 Å². The zero-order valence-electron chi connectivity index (χ0n) is 15.2. The smallest absolute Gasteiger partial charge is 0.410 e. The highest BCUT2D eigenvalue weighted by molar-refractivity contribution is 5.69. The van der Waals surface area contributed by atoms with Crippen LogP contribution in [-0.2, 0) is 4.74 Å². The first-order chi connectivity index (χ1) is 11.2. The van der Waals surface area contributed by atoms with E-state index in [-0.39, 0.29) is 18.2 Å². The molecule has 0 aromatic heterocycles. The number of benzene rings is 1. The van der Waals surface area contributed by atoms with Gasteiger partial charge in [0.25, 0.3) is 0 Å². The molecule has 0 radical (unpaired) electrons. The molecular formula is C19H28N2O3. The Morgan fingerprint density at radius 2 is 1.96 bits per heavy atom. The van der Waals surface area contributed by atoms with Gasteiger partial charge in [-0.05, 0) is 57.2 Å². The molecule has 1 aromatic rings. The number of likely N-dealkylation sites (tertiary alicyclic amines) is 1. The van der Waals surface area contributed by atoms with E-state index in [1.807, 2.05) is 26.8 Å². The number of hydrogen-bond donors (Lipinski definition) is 2. The number of phenolic OH excluding ortho intramolecular Hbond substituents is 1. The Kier molecular flexibility index (Phi) is 4.24. The van der Waals surface area contributed by atoms with Crippen molar-refractivity contribution < 1.29 is 14.6 Å². The Morgan fingerprint density at radius 1 is 1.29 bits per heavy atom. The summed E-state index contributed by atoms with van der Waals surface area (Å²) in [6, 6.07) is 4.18. The Balaban J connectivity index is 1.61. The van der Waals surface area contributed by atoms with Crippen LogP contribution in [0.2, 0.25) is 0 Å². The Bertz CT molecular complexity index is 645. The number of nitrogens with zero attached hydrogens (tertiary/aromatic N) is 1. The van der Waals surface area contributed by atoms with Crippen molar-refractivity contribution in [2.75, 3.05) is 13.1 Å². The monoisotopic (exact) mass is 332 g/mol. The number of ether oxygens (including phenoxy) is 1. The second-order valence-corrected chi connectivity index (χ2v) is 8.17. The van der Waals surface area contributed by atoms with Gasteiger partial charge in [0, 0.05) is 30.7 Å². The summed E-state index contributed by atoms with van der Waals surface area (Å²) in [6.07, 6.45) is 0.732. The number of rotatable bonds is 2. The van der Waals surface area contributed by atoms with Crippen LogP contribution in [0.4, 0.5) is 4.79 Å². The third kappa shape index (κ3) is 3.22. The number of amides is 1. The van der Waals surface area contributed by atoms with Crippen molar-refractivity contribution >= 4 is 6.09 Å². The Hall–Kier alpha value is -1.75. The molecule has 1 fully saturated rings. The summed E-state index contributed by atoms with van der Waals surface area (Å²) in [5.74, 6) is 0.812. The van der Waals surface area contributed by atoms with Crippen LogP contribution in [0.3, 0.4) is 0 Å². The van der Waals surface area contributed by atoms with Crippen LogP contribution < -0.4 is 5.32 Å². The largest absolute Gasteiger partial charge is 0.508 e. The molecule has 1 amide bonds. The van der Waals surface area contributed by atoms with Gasteiger partial charge < -0.3 is 20.1 Å². The summed E-state index contributed by atoms with van der Waals surface area (Å²) in [7, 11) is 0. The summed E-state index contributed by atoms with van der Waals surface area (Å²) in [6.45, 7) is 11.3. The molecule has 1 aliphatic heterocycles. The molecule has 0 saturated carbocycles. The number of nitrogens with one attached hydrogen (secondary N) is 1. The third-order valence-electron chi connectivity index (χ3n) is 4.88. The number of hydrogen-bond acceptors (Lipinski definition) is 4. The summed E-state index contributed by atoms with van der Waals surface area (Å²) in [4.78, 5) is 13.7. The van der Waals surface area contributed by atoms with E-state index in [0.29, 0.717) is 24.8 Å². The molecule has 24 heavy (non-hydrogen) atoms. The fraction of sp³-hybridized carbons (Fsp3) is 0.632. The van der Waals surface area contributed by atoms with Crippen molar-refractivity contribution in [3.05, 3.63) is 28.8 Å². The number of carbonyl (C=O) groups excluding carboxylic acids is 1. The van der Waals surface area contributed by atoms with Crippen molar-refractivity contribution in [3.63, 3.8) is 0 Å². The summed E-state index contributed by atoms with van der Waals surface area (Å²) in [5.41, 5.74) is 3.09. The van der Waals surface area contributed by atoms with Gasteiger partial charge in [0.15, 0.2) is 0 Å². The van der Waals surface area contributed by atoms with Crippen LogP contribution in [0.15, 0.2) is 12.1 Å². The lowest BCUT2D eigenvalue weighted by molar-refractivity contribution is 0.00406. The maximum absolute atomic E-state index is 12.0. The predicted octanol–water partition coefficient (Wildman–Crippen LogP) is 3.46. The summed E-state index contributed by atoms with van der Waals surface area (Å²) in [5, 5.41) is 13.9. The lowest BCUT2D eigenvalue weighted by atomic mass is 9.97. The van der Waals surface area contributed by atoms with E-state index in [1.54, 1.807) is 11.0 Å². The van der Waals surface area contributed by atoms with Gasteiger partial charge in [0.2, 0.25) is 0 Å². The molecule has 1 aliphatic carbocycles. The van der Waals surface area contributed by atoms with Crippen LogP contribution in [0.25, 0.3) is 0 Å². The topological polar surface area (TPSA) is 61.8 Å². The van der Waals surface area contributed by atoms with Crippen LogP contribution in [0, 0.1) is 6.92 Å². The highest BCUT2D eigenvalue weighted by Crippen LogP contribution is 2.46. The third-order valence-corrected chi connectivity index (χ3v) is 4.88. The molecule has 2 atom stereocenters. The van der Waals surface area contributed by atoms with Gasteiger partial charge in [0.05, 0.1) is 0 Å². The first-order valence-corrected chi connectivity index (χ1v) is 8.72. The minimum atomic E-state index is -0.460. The summed E-state index contributed by atoms with van der Waals surface area (Å²) >= 11 is 0. The van der Waals surface area contributed by atoms with Crippen LogP contribution in [-0.4, -0.2) is 40.8 Å². The average Bonchev–Trinajstić information content (AvgIpc) is 2.73. The zero-order valence-corrected chi connectivity index (χ0v) is 15.2. The molecule has 1 aromatic carbocycles.